The summed E-state index contributed by atoms with van der Waals surface area (Å²) in [5.41, 5.74) is 11.3. The average molecular weight is 396 g/mol. The molecule has 7 heteroatoms. The molecule has 3 aromatic heterocycles. The number of rotatable bonds is 4. The van der Waals surface area contributed by atoms with Gasteiger partial charge in [-0.15, -0.1) is 0 Å². The lowest BCUT2D eigenvalue weighted by atomic mass is 10.1. The van der Waals surface area contributed by atoms with E-state index >= 15 is 0 Å². The summed E-state index contributed by atoms with van der Waals surface area (Å²) in [5, 5.41) is 16.5. The number of phenolic OH excluding ortho intramolecular Hbond substituents is 1. The number of nitrogen functional groups attached to an aromatic ring is 1. The summed E-state index contributed by atoms with van der Waals surface area (Å²) in [6.45, 7) is 2.60. The molecule has 5 aromatic rings. The van der Waals surface area contributed by atoms with Crippen LogP contribution in [0.3, 0.4) is 0 Å². The molecule has 3 heterocycles. The Morgan fingerprint density at radius 3 is 2.73 bits per heavy atom. The predicted molar refractivity (Wildman–Crippen MR) is 117 cm³/mol. The van der Waals surface area contributed by atoms with Gasteiger partial charge in [0.25, 0.3) is 0 Å². The minimum absolute atomic E-state index is 0.164. The van der Waals surface area contributed by atoms with E-state index in [1.807, 2.05) is 28.9 Å². The molecule has 30 heavy (non-hydrogen) atoms. The van der Waals surface area contributed by atoms with Crippen LogP contribution < -0.4 is 5.73 Å². The highest BCUT2D eigenvalue weighted by Crippen LogP contribution is 2.32. The topological polar surface area (TPSA) is 103 Å². The van der Waals surface area contributed by atoms with Crippen LogP contribution in [0.1, 0.15) is 18.2 Å². The maximum atomic E-state index is 9.92. The van der Waals surface area contributed by atoms with Crippen molar-refractivity contribution < 1.29 is 5.11 Å². The van der Waals surface area contributed by atoms with E-state index in [1.54, 1.807) is 18.2 Å². The zero-order chi connectivity index (χ0) is 20.7. The Kier molecular flexibility index (Phi) is 4.28. The third kappa shape index (κ3) is 3.00. The van der Waals surface area contributed by atoms with Crippen molar-refractivity contribution in [3.63, 3.8) is 0 Å². The number of hydrogen-bond donors (Lipinski definition) is 2. The number of aryl methyl sites for hydroxylation is 1. The van der Waals surface area contributed by atoms with E-state index in [0.717, 1.165) is 34.1 Å². The van der Waals surface area contributed by atoms with Crippen molar-refractivity contribution in [2.75, 3.05) is 5.73 Å². The van der Waals surface area contributed by atoms with Crippen LogP contribution in [0.2, 0.25) is 0 Å². The number of para-hydroxylation sites is 1. The van der Waals surface area contributed by atoms with Crippen LogP contribution in [-0.4, -0.2) is 29.8 Å². The summed E-state index contributed by atoms with van der Waals surface area (Å²) in [7, 11) is 0. The van der Waals surface area contributed by atoms with Crippen LogP contribution in [0.4, 0.5) is 5.82 Å². The molecule has 5 rings (SSSR count). The second-order valence-corrected chi connectivity index (χ2v) is 7.15. The number of pyridine rings is 1. The van der Waals surface area contributed by atoms with Crippen molar-refractivity contribution in [1.29, 1.82) is 0 Å². The SMILES string of the molecule is CCc1nc2ccccc2cc1Cn1nc(-c2cccc(O)c2)c2c(N)ncnc21. The van der Waals surface area contributed by atoms with E-state index in [0.29, 0.717) is 29.1 Å². The van der Waals surface area contributed by atoms with Crippen LogP contribution in [0.5, 0.6) is 5.75 Å². The van der Waals surface area contributed by atoms with Gasteiger partial charge < -0.3 is 10.8 Å². The van der Waals surface area contributed by atoms with E-state index in [4.69, 9.17) is 15.8 Å². The van der Waals surface area contributed by atoms with Gasteiger partial charge in [-0.25, -0.2) is 14.6 Å². The first-order chi connectivity index (χ1) is 14.6. The van der Waals surface area contributed by atoms with E-state index < -0.39 is 0 Å². The first-order valence-electron chi connectivity index (χ1n) is 9.78. The van der Waals surface area contributed by atoms with Crippen LogP contribution in [0, 0.1) is 0 Å². The molecule has 0 atom stereocenters. The molecule has 2 aromatic carbocycles. The molecule has 148 valence electrons. The lowest BCUT2D eigenvalue weighted by Gasteiger charge is -2.10. The minimum atomic E-state index is 0.164. The summed E-state index contributed by atoms with van der Waals surface area (Å²) in [6, 6.07) is 17.2. The maximum Gasteiger partial charge on any atom is 0.164 e. The number of hydrogen-bond acceptors (Lipinski definition) is 6. The summed E-state index contributed by atoms with van der Waals surface area (Å²) in [4.78, 5) is 13.4. The van der Waals surface area contributed by atoms with E-state index in [-0.39, 0.29) is 5.75 Å². The highest BCUT2D eigenvalue weighted by atomic mass is 16.3. The molecule has 0 aliphatic rings. The Balaban J connectivity index is 1.69. The van der Waals surface area contributed by atoms with Gasteiger partial charge >= 0.3 is 0 Å². The molecule has 7 nitrogen and oxygen atoms in total. The first kappa shape index (κ1) is 18.1. The zero-order valence-electron chi connectivity index (χ0n) is 16.4. The van der Waals surface area contributed by atoms with Gasteiger partial charge in [0.1, 0.15) is 23.6 Å². The fraction of sp³-hybridized carbons (Fsp3) is 0.130. The van der Waals surface area contributed by atoms with Gasteiger partial charge in [0.15, 0.2) is 5.65 Å². The van der Waals surface area contributed by atoms with Crippen molar-refractivity contribution in [2.45, 2.75) is 19.9 Å². The van der Waals surface area contributed by atoms with Crippen LogP contribution in [0.15, 0.2) is 60.9 Å². The molecule has 0 amide bonds. The van der Waals surface area contributed by atoms with Gasteiger partial charge in [0.2, 0.25) is 0 Å². The van der Waals surface area contributed by atoms with Gasteiger partial charge in [-0.3, -0.25) is 4.98 Å². The van der Waals surface area contributed by atoms with E-state index in [1.165, 1.54) is 6.33 Å². The molecule has 0 saturated heterocycles. The summed E-state index contributed by atoms with van der Waals surface area (Å²) in [5.74, 6) is 0.523. The standard InChI is InChI=1S/C23H20N6O/c1-2-18-16(10-14-6-3-4-9-19(14)27-18)12-29-23-20(22(24)25-13-26-23)21(28-29)15-7-5-8-17(30)11-15/h3-11,13,30H,2,12H2,1H3,(H2,24,25,26). The second kappa shape index (κ2) is 7.11. The predicted octanol–water partition coefficient (Wildman–Crippen LogP) is 3.94. The van der Waals surface area contributed by atoms with Crippen molar-refractivity contribution in [1.82, 2.24) is 24.7 Å². The van der Waals surface area contributed by atoms with Crippen LogP contribution >= 0.6 is 0 Å². The molecule has 3 N–H and O–H groups in total. The summed E-state index contributed by atoms with van der Waals surface area (Å²) < 4.78 is 1.83. The summed E-state index contributed by atoms with van der Waals surface area (Å²) >= 11 is 0. The quantitative estimate of drug-likeness (QED) is 0.477. The van der Waals surface area contributed by atoms with Gasteiger partial charge in [-0.2, -0.15) is 5.10 Å². The monoisotopic (exact) mass is 396 g/mol. The molecule has 0 unspecified atom stereocenters. The molecule has 0 fully saturated rings. The Bertz CT molecular complexity index is 1390. The highest BCUT2D eigenvalue weighted by Gasteiger charge is 2.18. The minimum Gasteiger partial charge on any atom is -0.508 e. The van der Waals surface area contributed by atoms with Crippen LogP contribution in [0.25, 0.3) is 33.2 Å². The van der Waals surface area contributed by atoms with Gasteiger partial charge in [-0.1, -0.05) is 37.3 Å². The molecule has 0 aliphatic carbocycles. The number of aromatic hydroxyl groups is 1. The fourth-order valence-corrected chi connectivity index (χ4v) is 3.80. The largest absolute Gasteiger partial charge is 0.508 e. The average Bonchev–Trinajstić information content (AvgIpc) is 3.13. The number of nitrogens with zero attached hydrogens (tertiary/aromatic N) is 5. The van der Waals surface area contributed by atoms with Crippen molar-refractivity contribution in [3.05, 3.63) is 72.2 Å². The zero-order valence-corrected chi connectivity index (χ0v) is 16.4. The van der Waals surface area contributed by atoms with E-state index in [9.17, 15) is 5.11 Å². The van der Waals surface area contributed by atoms with Crippen LogP contribution in [-0.2, 0) is 13.0 Å². The molecular formula is C23H20N6O. The molecular weight excluding hydrogens is 376 g/mol. The number of nitrogens with two attached hydrogens (primary N) is 1. The van der Waals surface area contributed by atoms with E-state index in [2.05, 4.69) is 29.0 Å². The normalized spacial score (nSPS) is 11.4. The van der Waals surface area contributed by atoms with Gasteiger partial charge in [0, 0.05) is 16.6 Å². The summed E-state index contributed by atoms with van der Waals surface area (Å²) in [6.07, 6.45) is 2.26. The van der Waals surface area contributed by atoms with Crippen molar-refractivity contribution in [3.8, 4) is 17.0 Å². The third-order valence-corrected chi connectivity index (χ3v) is 5.23. The first-order valence-corrected chi connectivity index (χ1v) is 9.78. The molecule has 0 radical (unpaired) electrons. The fourth-order valence-electron chi connectivity index (χ4n) is 3.80. The lowest BCUT2D eigenvalue weighted by molar-refractivity contribution is 0.475. The maximum absolute atomic E-state index is 9.92. The smallest absolute Gasteiger partial charge is 0.164 e. The Morgan fingerprint density at radius 1 is 1.03 bits per heavy atom. The molecule has 0 saturated carbocycles. The molecule has 0 bridgehead atoms. The van der Waals surface area contributed by atoms with Crippen molar-refractivity contribution >= 4 is 27.8 Å². The Hall–Kier alpha value is -4.00. The molecule has 0 spiro atoms. The van der Waals surface area contributed by atoms with Gasteiger partial charge in [-0.05, 0) is 36.2 Å². The number of anilines is 1. The Labute approximate surface area is 172 Å². The number of fused-ring (bicyclic) bond motifs is 2. The Morgan fingerprint density at radius 2 is 1.90 bits per heavy atom. The molecule has 0 aliphatic heterocycles. The van der Waals surface area contributed by atoms with Crippen molar-refractivity contribution in [2.24, 2.45) is 0 Å². The van der Waals surface area contributed by atoms with Gasteiger partial charge in [0.05, 0.1) is 17.4 Å². The number of benzene rings is 2. The highest BCUT2D eigenvalue weighted by molar-refractivity contribution is 5.98. The number of phenols is 1. The lowest BCUT2D eigenvalue weighted by Crippen LogP contribution is -2.07. The number of aromatic nitrogens is 5. The third-order valence-electron chi connectivity index (χ3n) is 5.23. The second-order valence-electron chi connectivity index (χ2n) is 7.15.